The summed E-state index contributed by atoms with van der Waals surface area (Å²) < 4.78 is 30.1. The maximum Gasteiger partial charge on any atom is 0.229 e. The van der Waals surface area contributed by atoms with Gasteiger partial charge in [0.05, 0.1) is 25.2 Å². The van der Waals surface area contributed by atoms with Crippen molar-refractivity contribution in [1.82, 2.24) is 0 Å². The van der Waals surface area contributed by atoms with Gasteiger partial charge in [0.15, 0.2) is 0 Å². The van der Waals surface area contributed by atoms with Crippen LogP contribution in [0.5, 0.6) is 0 Å². The van der Waals surface area contributed by atoms with Crippen molar-refractivity contribution in [2.45, 2.75) is 13.8 Å². The Morgan fingerprint density at radius 3 is 2.53 bits per heavy atom. The molecule has 0 spiro atoms. The van der Waals surface area contributed by atoms with E-state index in [0.717, 1.165) is 37.3 Å². The molecule has 19 heavy (non-hydrogen) atoms. The van der Waals surface area contributed by atoms with Gasteiger partial charge in [-0.3, -0.25) is 4.72 Å². The van der Waals surface area contributed by atoms with Gasteiger partial charge in [-0.15, -0.1) is 0 Å². The molecule has 2 rings (SSSR count). The summed E-state index contributed by atoms with van der Waals surface area (Å²) in [6.07, 6.45) is 1.15. The van der Waals surface area contributed by atoms with E-state index in [1.807, 2.05) is 19.1 Å². The van der Waals surface area contributed by atoms with Crippen LogP contribution in [0.15, 0.2) is 18.2 Å². The van der Waals surface area contributed by atoms with E-state index in [9.17, 15) is 8.42 Å². The molecule has 0 atom stereocenters. The van der Waals surface area contributed by atoms with Crippen molar-refractivity contribution in [2.24, 2.45) is 5.41 Å². The maximum absolute atomic E-state index is 11.2. The van der Waals surface area contributed by atoms with Crippen LogP contribution in [0.2, 0.25) is 0 Å². The summed E-state index contributed by atoms with van der Waals surface area (Å²) in [4.78, 5) is 0. The fourth-order valence-corrected chi connectivity index (χ4v) is 2.58. The van der Waals surface area contributed by atoms with Crippen LogP contribution < -0.4 is 10.0 Å². The Hall–Kier alpha value is -1.27. The average molecular weight is 284 g/mol. The highest BCUT2D eigenvalue weighted by Crippen LogP contribution is 2.27. The largest absolute Gasteiger partial charge is 0.384 e. The summed E-state index contributed by atoms with van der Waals surface area (Å²) in [6, 6.07) is 5.60. The van der Waals surface area contributed by atoms with Crippen LogP contribution in [0, 0.1) is 12.3 Å². The Labute approximate surface area is 114 Å². The van der Waals surface area contributed by atoms with Crippen LogP contribution >= 0.6 is 0 Å². The minimum Gasteiger partial charge on any atom is -0.384 e. The zero-order valence-corrected chi connectivity index (χ0v) is 12.3. The Bertz CT molecular complexity index is 565. The standard InChI is InChI=1S/C13H20N2O3S/c1-10-6-11(14-7-13(2)8-18-9-13)4-5-12(10)15-19(3,16)17/h4-6,14-15H,7-9H2,1-3H3. The number of anilines is 2. The molecule has 1 fully saturated rings. The molecule has 0 saturated carbocycles. The topological polar surface area (TPSA) is 67.4 Å². The molecule has 1 aromatic rings. The third-order valence-electron chi connectivity index (χ3n) is 3.14. The minimum absolute atomic E-state index is 0.206. The van der Waals surface area contributed by atoms with Crippen LogP contribution in [0.1, 0.15) is 12.5 Å². The normalized spacial score (nSPS) is 17.6. The van der Waals surface area contributed by atoms with Crippen molar-refractivity contribution in [3.05, 3.63) is 23.8 Å². The van der Waals surface area contributed by atoms with Crippen LogP contribution in [0.3, 0.4) is 0 Å². The van der Waals surface area contributed by atoms with E-state index in [4.69, 9.17) is 4.74 Å². The van der Waals surface area contributed by atoms with Gasteiger partial charge >= 0.3 is 0 Å². The highest BCUT2D eigenvalue weighted by Gasteiger charge is 2.32. The summed E-state index contributed by atoms with van der Waals surface area (Å²) in [5.41, 5.74) is 2.71. The Morgan fingerprint density at radius 1 is 1.37 bits per heavy atom. The number of hydrogen-bond donors (Lipinski definition) is 2. The first-order chi connectivity index (χ1) is 8.77. The molecule has 0 unspecified atom stereocenters. The molecule has 106 valence electrons. The molecule has 1 aliphatic heterocycles. The van der Waals surface area contributed by atoms with E-state index < -0.39 is 10.0 Å². The lowest BCUT2D eigenvalue weighted by molar-refractivity contribution is -0.0924. The van der Waals surface area contributed by atoms with Gasteiger partial charge in [0.1, 0.15) is 0 Å². The molecule has 6 heteroatoms. The van der Waals surface area contributed by atoms with E-state index in [0.29, 0.717) is 5.69 Å². The molecule has 0 aliphatic carbocycles. The molecule has 0 aromatic heterocycles. The lowest BCUT2D eigenvalue weighted by Crippen LogP contribution is -2.45. The molecule has 1 saturated heterocycles. The predicted octanol–water partition coefficient (Wildman–Crippen LogP) is 1.81. The smallest absolute Gasteiger partial charge is 0.229 e. The zero-order chi connectivity index (χ0) is 14.1. The van der Waals surface area contributed by atoms with Gasteiger partial charge in [-0.2, -0.15) is 0 Å². The van der Waals surface area contributed by atoms with Crippen molar-refractivity contribution in [1.29, 1.82) is 0 Å². The highest BCUT2D eigenvalue weighted by molar-refractivity contribution is 7.92. The van der Waals surface area contributed by atoms with Crippen LogP contribution in [-0.2, 0) is 14.8 Å². The third kappa shape index (κ3) is 3.84. The quantitative estimate of drug-likeness (QED) is 0.865. The SMILES string of the molecule is Cc1cc(NCC2(C)COC2)ccc1NS(C)(=O)=O. The molecule has 0 amide bonds. The zero-order valence-electron chi connectivity index (χ0n) is 11.5. The highest BCUT2D eigenvalue weighted by atomic mass is 32.2. The number of nitrogens with one attached hydrogen (secondary N) is 2. The van der Waals surface area contributed by atoms with E-state index in [2.05, 4.69) is 17.0 Å². The third-order valence-corrected chi connectivity index (χ3v) is 3.73. The summed E-state index contributed by atoms with van der Waals surface area (Å²) in [7, 11) is -3.23. The molecule has 1 heterocycles. The van der Waals surface area contributed by atoms with E-state index in [1.165, 1.54) is 0 Å². The molecular formula is C13H20N2O3S. The monoisotopic (exact) mass is 284 g/mol. The number of rotatable bonds is 5. The number of hydrogen-bond acceptors (Lipinski definition) is 4. The molecule has 0 radical (unpaired) electrons. The fraction of sp³-hybridized carbons (Fsp3) is 0.538. The van der Waals surface area contributed by atoms with Gasteiger partial charge in [-0.1, -0.05) is 6.92 Å². The maximum atomic E-state index is 11.2. The van der Waals surface area contributed by atoms with Crippen LogP contribution in [-0.4, -0.2) is 34.4 Å². The van der Waals surface area contributed by atoms with Gasteiger partial charge in [0.25, 0.3) is 0 Å². The molecule has 1 aromatic carbocycles. The number of benzene rings is 1. The van der Waals surface area contributed by atoms with Gasteiger partial charge in [-0.05, 0) is 30.7 Å². The number of ether oxygens (including phenoxy) is 1. The lowest BCUT2D eigenvalue weighted by atomic mass is 9.88. The minimum atomic E-state index is -3.23. The molecule has 0 bridgehead atoms. The fourth-order valence-electron chi connectivity index (χ4n) is 1.96. The first kappa shape index (κ1) is 14.1. The Morgan fingerprint density at radius 2 is 2.05 bits per heavy atom. The van der Waals surface area contributed by atoms with E-state index in [1.54, 1.807) is 6.07 Å². The van der Waals surface area contributed by atoms with Gasteiger partial charge < -0.3 is 10.1 Å². The molecular weight excluding hydrogens is 264 g/mol. The average Bonchev–Trinajstić information content (AvgIpc) is 2.25. The molecule has 5 nitrogen and oxygen atoms in total. The van der Waals surface area contributed by atoms with Gasteiger partial charge in [-0.25, -0.2) is 8.42 Å². The summed E-state index contributed by atoms with van der Waals surface area (Å²) >= 11 is 0. The summed E-state index contributed by atoms with van der Waals surface area (Å²) in [6.45, 7) is 6.48. The molecule has 1 aliphatic rings. The second kappa shape index (κ2) is 5.02. The van der Waals surface area contributed by atoms with Crippen LogP contribution in [0.25, 0.3) is 0 Å². The Kier molecular flexibility index (Phi) is 3.73. The number of sulfonamides is 1. The van der Waals surface area contributed by atoms with Crippen molar-refractivity contribution in [2.75, 3.05) is 36.1 Å². The summed E-state index contributed by atoms with van der Waals surface area (Å²) in [5, 5.41) is 3.36. The Balaban J connectivity index is 2.02. The second-order valence-corrected chi connectivity index (χ2v) is 7.31. The predicted molar refractivity (Wildman–Crippen MR) is 77.1 cm³/mol. The summed E-state index contributed by atoms with van der Waals surface area (Å²) in [5.74, 6) is 0. The first-order valence-electron chi connectivity index (χ1n) is 6.18. The lowest BCUT2D eigenvalue weighted by Gasteiger charge is -2.38. The second-order valence-electron chi connectivity index (χ2n) is 5.56. The van der Waals surface area contributed by atoms with Gasteiger partial charge in [0, 0.05) is 17.6 Å². The van der Waals surface area contributed by atoms with E-state index >= 15 is 0 Å². The van der Waals surface area contributed by atoms with Crippen molar-refractivity contribution in [3.8, 4) is 0 Å². The van der Waals surface area contributed by atoms with Crippen LogP contribution in [0.4, 0.5) is 11.4 Å². The van der Waals surface area contributed by atoms with Crippen molar-refractivity contribution in [3.63, 3.8) is 0 Å². The van der Waals surface area contributed by atoms with Crippen molar-refractivity contribution >= 4 is 21.4 Å². The van der Waals surface area contributed by atoms with Crippen molar-refractivity contribution < 1.29 is 13.2 Å². The first-order valence-corrected chi connectivity index (χ1v) is 8.07. The number of aryl methyl sites for hydroxylation is 1. The van der Waals surface area contributed by atoms with Gasteiger partial charge in [0.2, 0.25) is 10.0 Å². The molecule has 2 N–H and O–H groups in total. The van der Waals surface area contributed by atoms with E-state index in [-0.39, 0.29) is 5.41 Å².